The predicted octanol–water partition coefficient (Wildman–Crippen LogP) is 4.10. The Bertz CT molecular complexity index is 1510. The molecular formula is C23H17N5O4. The lowest BCUT2D eigenvalue weighted by atomic mass is 10.0. The van der Waals surface area contributed by atoms with Gasteiger partial charge < -0.3 is 9.84 Å². The van der Waals surface area contributed by atoms with E-state index >= 15 is 0 Å². The van der Waals surface area contributed by atoms with Crippen molar-refractivity contribution in [1.29, 1.82) is 0 Å². The molecule has 1 amide bonds. The topological polar surface area (TPSA) is 127 Å². The summed E-state index contributed by atoms with van der Waals surface area (Å²) in [5, 5.41) is 11.1. The lowest BCUT2D eigenvalue weighted by Gasteiger charge is -2.09. The lowest BCUT2D eigenvalue weighted by molar-refractivity contribution is 0.102. The second kappa shape index (κ2) is 7.62. The van der Waals surface area contributed by atoms with Gasteiger partial charge >= 0.3 is 5.76 Å². The van der Waals surface area contributed by atoms with Crippen LogP contribution in [0.2, 0.25) is 0 Å². The van der Waals surface area contributed by atoms with E-state index < -0.39 is 5.76 Å². The number of hydrogen-bond donors (Lipinski definition) is 2. The Balaban J connectivity index is 1.54. The van der Waals surface area contributed by atoms with Crippen LogP contribution in [0.3, 0.4) is 0 Å². The third kappa shape index (κ3) is 3.56. The molecule has 0 atom stereocenters. The molecule has 9 nitrogen and oxygen atoms in total. The monoisotopic (exact) mass is 427 g/mol. The number of aromatic nitrogens is 4. The van der Waals surface area contributed by atoms with Gasteiger partial charge in [0.25, 0.3) is 11.6 Å². The Morgan fingerprint density at radius 2 is 1.78 bits per heavy atom. The molecule has 2 aromatic carbocycles. The predicted molar refractivity (Wildman–Crippen MR) is 117 cm³/mol. The molecule has 0 bridgehead atoms. The maximum Gasteiger partial charge on any atom is 0.439 e. The van der Waals surface area contributed by atoms with Crippen molar-refractivity contribution in [2.75, 3.05) is 5.32 Å². The fourth-order valence-electron chi connectivity index (χ4n) is 3.44. The van der Waals surface area contributed by atoms with Gasteiger partial charge in [-0.2, -0.15) is 0 Å². The quantitative estimate of drug-likeness (QED) is 0.442. The minimum absolute atomic E-state index is 0.272. The molecule has 0 saturated carbocycles. The Hall–Kier alpha value is -4.53. The van der Waals surface area contributed by atoms with Crippen LogP contribution in [0.15, 0.2) is 68.4 Å². The van der Waals surface area contributed by atoms with E-state index in [4.69, 9.17) is 4.52 Å². The van der Waals surface area contributed by atoms with E-state index in [2.05, 4.69) is 30.1 Å². The van der Waals surface area contributed by atoms with Crippen molar-refractivity contribution in [3.63, 3.8) is 0 Å². The van der Waals surface area contributed by atoms with E-state index in [1.165, 1.54) is 0 Å². The number of amides is 1. The fraction of sp³-hybridized carbons (Fsp3) is 0.0870. The SMILES string of the molecule is Cc1ccc(-c2cc(C(=O)Nc3cccc(-c4noc(=O)[nH]4)c3)c3c(C)noc3n2)cc1. The molecule has 0 spiro atoms. The molecule has 3 aromatic heterocycles. The van der Waals surface area contributed by atoms with E-state index in [-0.39, 0.29) is 11.7 Å². The number of fused-ring (bicyclic) bond motifs is 1. The standard InChI is InChI=1S/C23H17N5O4/c1-12-6-8-14(9-7-12)18-11-17(19-13(2)27-31-22(19)25-18)21(29)24-16-5-3-4-15(10-16)20-26-23(30)32-28-20/h3-11H,1-2H3,(H,24,29)(H,26,28,30). The van der Waals surface area contributed by atoms with Crippen molar-refractivity contribution in [1.82, 2.24) is 20.3 Å². The molecule has 5 aromatic rings. The van der Waals surface area contributed by atoms with Crippen LogP contribution >= 0.6 is 0 Å². The molecule has 0 aliphatic rings. The zero-order chi connectivity index (χ0) is 22.2. The number of hydrogen-bond acceptors (Lipinski definition) is 7. The average molecular weight is 427 g/mol. The zero-order valence-electron chi connectivity index (χ0n) is 17.2. The number of carbonyl (C=O) groups excluding carboxylic acids is 1. The molecule has 0 aliphatic carbocycles. The van der Waals surface area contributed by atoms with Crippen LogP contribution in [-0.2, 0) is 0 Å². The number of aryl methyl sites for hydroxylation is 2. The number of nitrogens with zero attached hydrogens (tertiary/aromatic N) is 3. The van der Waals surface area contributed by atoms with E-state index in [1.807, 2.05) is 31.2 Å². The Labute approximate surface area is 181 Å². The number of pyridine rings is 1. The molecule has 5 rings (SSSR count). The Morgan fingerprint density at radius 3 is 2.53 bits per heavy atom. The molecule has 9 heteroatoms. The maximum atomic E-state index is 13.3. The van der Waals surface area contributed by atoms with Crippen LogP contribution in [0.25, 0.3) is 33.7 Å². The highest BCUT2D eigenvalue weighted by Gasteiger charge is 2.20. The largest absolute Gasteiger partial charge is 0.439 e. The van der Waals surface area contributed by atoms with E-state index in [0.29, 0.717) is 39.3 Å². The van der Waals surface area contributed by atoms with Gasteiger partial charge in [0.2, 0.25) is 0 Å². The number of anilines is 1. The maximum absolute atomic E-state index is 13.3. The van der Waals surface area contributed by atoms with Gasteiger partial charge in [0.15, 0.2) is 5.82 Å². The molecule has 32 heavy (non-hydrogen) atoms. The van der Waals surface area contributed by atoms with Gasteiger partial charge in [0, 0.05) is 16.8 Å². The summed E-state index contributed by atoms with van der Waals surface area (Å²) in [4.78, 5) is 31.5. The fourth-order valence-corrected chi connectivity index (χ4v) is 3.44. The van der Waals surface area contributed by atoms with Crippen molar-refractivity contribution < 1.29 is 13.8 Å². The number of benzene rings is 2. The summed E-state index contributed by atoms with van der Waals surface area (Å²) < 4.78 is 9.91. The first-order valence-electron chi connectivity index (χ1n) is 9.80. The normalized spacial score (nSPS) is 11.1. The van der Waals surface area contributed by atoms with Crippen molar-refractivity contribution >= 4 is 22.7 Å². The number of H-pyrrole nitrogens is 1. The first-order chi connectivity index (χ1) is 15.5. The molecular weight excluding hydrogens is 410 g/mol. The van der Waals surface area contributed by atoms with Crippen LogP contribution in [0.1, 0.15) is 21.6 Å². The highest BCUT2D eigenvalue weighted by molar-refractivity contribution is 6.13. The molecule has 3 heterocycles. The summed E-state index contributed by atoms with van der Waals surface area (Å²) in [5.74, 6) is -0.725. The summed E-state index contributed by atoms with van der Waals surface area (Å²) in [7, 11) is 0. The van der Waals surface area contributed by atoms with Crippen molar-refractivity contribution in [3.05, 3.63) is 82.0 Å². The smallest absolute Gasteiger partial charge is 0.335 e. The highest BCUT2D eigenvalue weighted by Crippen LogP contribution is 2.28. The van der Waals surface area contributed by atoms with Gasteiger partial charge in [-0.1, -0.05) is 52.3 Å². The minimum atomic E-state index is -0.653. The summed E-state index contributed by atoms with van der Waals surface area (Å²) in [5.41, 5.74) is 4.95. The minimum Gasteiger partial charge on any atom is -0.335 e. The average Bonchev–Trinajstić information content (AvgIpc) is 3.39. The lowest BCUT2D eigenvalue weighted by Crippen LogP contribution is -2.13. The zero-order valence-corrected chi connectivity index (χ0v) is 17.2. The summed E-state index contributed by atoms with van der Waals surface area (Å²) >= 11 is 0. The van der Waals surface area contributed by atoms with E-state index in [9.17, 15) is 9.59 Å². The molecule has 0 radical (unpaired) electrons. The number of aromatic amines is 1. The molecule has 2 N–H and O–H groups in total. The number of nitrogens with one attached hydrogen (secondary N) is 2. The van der Waals surface area contributed by atoms with Crippen molar-refractivity contribution in [2.45, 2.75) is 13.8 Å². The van der Waals surface area contributed by atoms with Crippen molar-refractivity contribution in [2.24, 2.45) is 0 Å². The first-order valence-corrected chi connectivity index (χ1v) is 9.80. The Kier molecular flexibility index (Phi) is 4.63. The van der Waals surface area contributed by atoms with Crippen LogP contribution in [0.4, 0.5) is 5.69 Å². The van der Waals surface area contributed by atoms with Crippen LogP contribution < -0.4 is 11.1 Å². The molecule has 0 saturated heterocycles. The van der Waals surface area contributed by atoms with E-state index in [1.54, 1.807) is 37.3 Å². The van der Waals surface area contributed by atoms with E-state index in [0.717, 1.165) is 11.1 Å². The summed E-state index contributed by atoms with van der Waals surface area (Å²) in [6.07, 6.45) is 0. The van der Waals surface area contributed by atoms with Crippen molar-refractivity contribution in [3.8, 4) is 22.6 Å². The van der Waals surface area contributed by atoms with Gasteiger partial charge in [0.05, 0.1) is 22.3 Å². The van der Waals surface area contributed by atoms with Gasteiger partial charge in [-0.25, -0.2) is 9.78 Å². The number of carbonyl (C=O) groups is 1. The van der Waals surface area contributed by atoms with Crippen LogP contribution in [0, 0.1) is 13.8 Å². The molecule has 0 fully saturated rings. The highest BCUT2D eigenvalue weighted by atomic mass is 16.5. The van der Waals surface area contributed by atoms with Crippen LogP contribution in [0.5, 0.6) is 0 Å². The third-order valence-electron chi connectivity index (χ3n) is 5.04. The van der Waals surface area contributed by atoms with Gasteiger partial charge in [0.1, 0.15) is 0 Å². The third-order valence-corrected chi connectivity index (χ3v) is 5.04. The van der Waals surface area contributed by atoms with Gasteiger partial charge in [-0.05, 0) is 32.0 Å². The summed E-state index contributed by atoms with van der Waals surface area (Å²) in [6, 6.07) is 16.5. The van der Waals surface area contributed by atoms with Gasteiger partial charge in [-0.3, -0.25) is 14.3 Å². The second-order valence-corrected chi connectivity index (χ2v) is 7.35. The second-order valence-electron chi connectivity index (χ2n) is 7.35. The molecule has 0 aliphatic heterocycles. The number of rotatable bonds is 4. The molecule has 158 valence electrons. The first kappa shape index (κ1) is 19.4. The van der Waals surface area contributed by atoms with Crippen LogP contribution in [-0.4, -0.2) is 26.2 Å². The summed E-state index contributed by atoms with van der Waals surface area (Å²) in [6.45, 7) is 3.76. The van der Waals surface area contributed by atoms with Gasteiger partial charge in [-0.15, -0.1) is 0 Å². The molecule has 0 unspecified atom stereocenters. The Morgan fingerprint density at radius 1 is 0.969 bits per heavy atom.